The quantitative estimate of drug-likeness (QED) is 0.540. The predicted octanol–water partition coefficient (Wildman–Crippen LogP) is 6.06. The van der Waals surface area contributed by atoms with Crippen LogP contribution < -0.4 is 0 Å². The van der Waals surface area contributed by atoms with Crippen LogP contribution in [0.3, 0.4) is 0 Å². The van der Waals surface area contributed by atoms with Gasteiger partial charge in [0.25, 0.3) is 0 Å². The van der Waals surface area contributed by atoms with Crippen molar-refractivity contribution in [3.63, 3.8) is 0 Å². The number of thioether (sulfide) groups is 1. The highest BCUT2D eigenvalue weighted by molar-refractivity contribution is 8.00. The molecule has 4 aliphatic carbocycles. The second kappa shape index (κ2) is 7.43. The van der Waals surface area contributed by atoms with Gasteiger partial charge in [-0.2, -0.15) is 0 Å². The largest absolute Gasteiger partial charge is 0.299 e. The first-order valence-corrected chi connectivity index (χ1v) is 12.7. The highest BCUT2D eigenvalue weighted by Crippen LogP contribution is 2.66. The fraction of sp³-hybridized carbons (Fsp3) is 0.593. The maximum atomic E-state index is 12.9. The zero-order valence-electron chi connectivity index (χ0n) is 18.8. The molecule has 0 saturated heterocycles. The third-order valence-corrected chi connectivity index (χ3v) is 10.5. The van der Waals surface area contributed by atoms with Gasteiger partial charge in [0.15, 0.2) is 11.6 Å². The molecule has 164 valence electrons. The third kappa shape index (κ3) is 3.28. The highest BCUT2D eigenvalue weighted by Gasteiger charge is 2.61. The van der Waals surface area contributed by atoms with Gasteiger partial charge < -0.3 is 0 Å². The molecular weight excluding hydrogens is 404 g/mol. The van der Waals surface area contributed by atoms with Gasteiger partial charge in [0, 0.05) is 34.0 Å². The van der Waals surface area contributed by atoms with Gasteiger partial charge in [0.05, 0.1) is 0 Å². The minimum absolute atomic E-state index is 0.0865. The summed E-state index contributed by atoms with van der Waals surface area (Å²) in [7, 11) is 0. The van der Waals surface area contributed by atoms with Crippen LogP contribution in [0.25, 0.3) is 0 Å². The molecule has 6 atom stereocenters. The van der Waals surface area contributed by atoms with E-state index in [0.29, 0.717) is 35.2 Å². The standard InChI is InChI=1S/C27H32O3S/c1-16(28)17-4-6-20(7-5-17)31-23-15-18-14-19(29)10-12-26(18,2)22-11-13-27(3)21(25(22)23)8-9-24(27)30/h4-7,14,21-23,25H,8-13,15H2,1-3H3/t21-,22-,23+,25-,26-,27-/m0/s1. The molecule has 1 aromatic rings. The first-order valence-electron chi connectivity index (χ1n) is 11.8. The van der Waals surface area contributed by atoms with Crippen molar-refractivity contribution in [1.82, 2.24) is 0 Å². The average molecular weight is 437 g/mol. The highest BCUT2D eigenvalue weighted by atomic mass is 32.2. The number of ketones is 3. The number of benzene rings is 1. The molecule has 0 bridgehead atoms. The van der Waals surface area contributed by atoms with E-state index >= 15 is 0 Å². The van der Waals surface area contributed by atoms with Crippen LogP contribution in [-0.4, -0.2) is 22.6 Å². The summed E-state index contributed by atoms with van der Waals surface area (Å²) in [6.45, 7) is 6.22. The van der Waals surface area contributed by atoms with Crippen LogP contribution >= 0.6 is 11.8 Å². The van der Waals surface area contributed by atoms with Crippen molar-refractivity contribution in [2.45, 2.75) is 75.9 Å². The smallest absolute Gasteiger partial charge is 0.159 e. The number of hydrogen-bond donors (Lipinski definition) is 0. The molecule has 1 aromatic carbocycles. The summed E-state index contributed by atoms with van der Waals surface area (Å²) >= 11 is 1.90. The number of carbonyl (C=O) groups is 3. The van der Waals surface area contributed by atoms with Crippen molar-refractivity contribution in [1.29, 1.82) is 0 Å². The Bertz CT molecular complexity index is 977. The van der Waals surface area contributed by atoms with Gasteiger partial charge in [-0.1, -0.05) is 31.6 Å². The van der Waals surface area contributed by atoms with Crippen molar-refractivity contribution in [3.05, 3.63) is 41.5 Å². The van der Waals surface area contributed by atoms with Crippen LogP contribution in [0, 0.1) is 28.6 Å². The van der Waals surface area contributed by atoms with E-state index in [4.69, 9.17) is 0 Å². The van der Waals surface area contributed by atoms with Crippen molar-refractivity contribution < 1.29 is 14.4 Å². The summed E-state index contributed by atoms with van der Waals surface area (Å²) in [5.41, 5.74) is 2.02. The van der Waals surface area contributed by atoms with E-state index in [9.17, 15) is 14.4 Å². The van der Waals surface area contributed by atoms with Gasteiger partial charge in [-0.3, -0.25) is 14.4 Å². The Kier molecular flexibility index (Phi) is 5.08. The maximum Gasteiger partial charge on any atom is 0.159 e. The number of carbonyl (C=O) groups excluding carboxylic acids is 3. The number of fused-ring (bicyclic) bond motifs is 5. The van der Waals surface area contributed by atoms with Gasteiger partial charge in [0.1, 0.15) is 5.78 Å². The van der Waals surface area contributed by atoms with Gasteiger partial charge >= 0.3 is 0 Å². The zero-order chi connectivity index (χ0) is 22.0. The molecule has 3 saturated carbocycles. The van der Waals surface area contributed by atoms with E-state index < -0.39 is 0 Å². The van der Waals surface area contributed by atoms with Crippen LogP contribution in [0.1, 0.15) is 76.1 Å². The van der Waals surface area contributed by atoms with Crippen LogP contribution in [0.2, 0.25) is 0 Å². The Labute approximate surface area is 189 Å². The van der Waals surface area contributed by atoms with E-state index in [1.165, 1.54) is 10.5 Å². The van der Waals surface area contributed by atoms with E-state index in [1.807, 2.05) is 30.0 Å². The molecule has 0 aliphatic heterocycles. The van der Waals surface area contributed by atoms with Gasteiger partial charge in [-0.15, -0.1) is 11.8 Å². The van der Waals surface area contributed by atoms with Crippen LogP contribution in [0.15, 0.2) is 40.8 Å². The molecule has 0 spiro atoms. The molecule has 0 heterocycles. The number of hydrogen-bond acceptors (Lipinski definition) is 4. The van der Waals surface area contributed by atoms with Crippen molar-refractivity contribution in [3.8, 4) is 0 Å². The molecule has 5 rings (SSSR count). The first kappa shape index (κ1) is 21.2. The molecule has 0 unspecified atom stereocenters. The molecule has 3 fully saturated rings. The predicted molar refractivity (Wildman–Crippen MR) is 123 cm³/mol. The zero-order valence-corrected chi connectivity index (χ0v) is 19.6. The Hall–Kier alpha value is -1.68. The molecular formula is C27H32O3S. The lowest BCUT2D eigenvalue weighted by Crippen LogP contribution is -2.54. The summed E-state index contributed by atoms with van der Waals surface area (Å²) in [6.07, 6.45) is 8.35. The van der Waals surface area contributed by atoms with Crippen LogP contribution in [-0.2, 0) is 9.59 Å². The van der Waals surface area contributed by atoms with E-state index in [2.05, 4.69) is 26.0 Å². The lowest BCUT2D eigenvalue weighted by Gasteiger charge is -2.59. The number of rotatable bonds is 3. The van der Waals surface area contributed by atoms with Gasteiger partial charge in [0.2, 0.25) is 0 Å². The fourth-order valence-electron chi connectivity index (χ4n) is 7.34. The SMILES string of the molecule is CC(=O)c1ccc(S[C@@H]2CC3=CC(=O)CC[C@]3(C)[C@H]3CC[C@]4(C)C(=O)CC[C@H]4[C@H]23)cc1. The van der Waals surface area contributed by atoms with Crippen LogP contribution in [0.4, 0.5) is 0 Å². The van der Waals surface area contributed by atoms with E-state index in [0.717, 1.165) is 44.1 Å². The Morgan fingerprint density at radius 2 is 1.68 bits per heavy atom. The monoisotopic (exact) mass is 436 g/mol. The summed E-state index contributed by atoms with van der Waals surface area (Å²) in [5.74, 6) is 2.32. The topological polar surface area (TPSA) is 51.2 Å². The average Bonchev–Trinajstić information content (AvgIpc) is 3.04. The normalized spacial score (nSPS) is 39.4. The van der Waals surface area contributed by atoms with Crippen molar-refractivity contribution >= 4 is 29.1 Å². The van der Waals surface area contributed by atoms with Crippen molar-refractivity contribution in [2.75, 3.05) is 0 Å². The van der Waals surface area contributed by atoms with Crippen molar-refractivity contribution in [2.24, 2.45) is 28.6 Å². The Balaban J connectivity index is 1.53. The summed E-state index contributed by atoms with van der Waals surface area (Å²) < 4.78 is 0. The van der Waals surface area contributed by atoms with E-state index in [1.54, 1.807) is 6.92 Å². The second-order valence-electron chi connectivity index (χ2n) is 10.7. The maximum absolute atomic E-state index is 12.9. The lowest BCUT2D eigenvalue weighted by molar-refractivity contribution is -0.132. The Morgan fingerprint density at radius 1 is 0.968 bits per heavy atom. The summed E-state index contributed by atoms with van der Waals surface area (Å²) in [4.78, 5) is 38.0. The molecule has 0 N–H and O–H groups in total. The first-order chi connectivity index (χ1) is 14.7. The summed E-state index contributed by atoms with van der Waals surface area (Å²) in [6, 6.07) is 7.96. The molecule has 0 aromatic heterocycles. The molecule has 31 heavy (non-hydrogen) atoms. The molecule has 4 heteroatoms. The second-order valence-corrected chi connectivity index (χ2v) is 12.0. The lowest BCUT2D eigenvalue weighted by atomic mass is 9.47. The molecule has 0 radical (unpaired) electrons. The molecule has 0 amide bonds. The fourth-order valence-corrected chi connectivity index (χ4v) is 8.78. The number of Topliss-reactive ketones (excluding diaryl/α,β-unsaturated/α-hetero) is 2. The molecule has 3 nitrogen and oxygen atoms in total. The molecule has 4 aliphatic rings. The van der Waals surface area contributed by atoms with Gasteiger partial charge in [-0.05, 0) is 80.4 Å². The third-order valence-electron chi connectivity index (χ3n) is 9.22. The Morgan fingerprint density at radius 3 is 2.39 bits per heavy atom. The minimum Gasteiger partial charge on any atom is -0.299 e. The summed E-state index contributed by atoms with van der Waals surface area (Å²) in [5, 5.41) is 0.369. The minimum atomic E-state index is -0.166. The van der Waals surface area contributed by atoms with Crippen LogP contribution in [0.5, 0.6) is 0 Å². The van der Waals surface area contributed by atoms with Gasteiger partial charge in [-0.25, -0.2) is 0 Å². The van der Waals surface area contributed by atoms with E-state index in [-0.39, 0.29) is 22.4 Å². The number of allylic oxidation sites excluding steroid dienone is 1.